The van der Waals surface area contributed by atoms with Crippen LogP contribution >= 0.6 is 0 Å². The van der Waals surface area contributed by atoms with Gasteiger partial charge in [-0.2, -0.15) is 0 Å². The Bertz CT molecular complexity index is 1070. The van der Waals surface area contributed by atoms with E-state index in [1.807, 2.05) is 24.3 Å². The highest BCUT2D eigenvalue weighted by molar-refractivity contribution is 6.88. The van der Waals surface area contributed by atoms with Crippen LogP contribution in [-0.2, 0) is 4.74 Å². The zero-order chi connectivity index (χ0) is 21.8. The molecule has 0 saturated carbocycles. The summed E-state index contributed by atoms with van der Waals surface area (Å²) >= 11 is 0. The lowest BCUT2D eigenvalue weighted by molar-refractivity contribution is 0.144. The fourth-order valence-electron chi connectivity index (χ4n) is 4.10. The van der Waals surface area contributed by atoms with E-state index in [2.05, 4.69) is 85.6 Å². The van der Waals surface area contributed by atoms with Gasteiger partial charge in [-0.15, -0.1) is 0 Å². The molecule has 3 aromatic rings. The second-order valence-electron chi connectivity index (χ2n) is 8.98. The summed E-state index contributed by atoms with van der Waals surface area (Å²) in [6, 6.07) is 25.4. The number of fused-ring (bicyclic) bond motifs is 3. The minimum atomic E-state index is -1.33. The number of ether oxygens (including phenoxy) is 1. The molecule has 0 heterocycles. The van der Waals surface area contributed by atoms with E-state index >= 15 is 0 Å². The van der Waals surface area contributed by atoms with E-state index in [1.54, 1.807) is 0 Å². The highest BCUT2D eigenvalue weighted by Gasteiger charge is 2.28. The van der Waals surface area contributed by atoms with Crippen molar-refractivity contribution in [3.8, 4) is 11.1 Å². The second-order valence-corrected chi connectivity index (χ2v) is 14.1. The van der Waals surface area contributed by atoms with Gasteiger partial charge < -0.3 is 10.1 Å². The van der Waals surface area contributed by atoms with Gasteiger partial charge in [-0.05, 0) is 27.8 Å². The van der Waals surface area contributed by atoms with Crippen LogP contribution in [0, 0.1) is 0 Å². The Hall–Kier alpha value is -3.11. The maximum Gasteiger partial charge on any atom is 0.407 e. The second kappa shape index (κ2) is 8.94. The van der Waals surface area contributed by atoms with Crippen molar-refractivity contribution in [3.63, 3.8) is 0 Å². The van der Waals surface area contributed by atoms with Crippen LogP contribution in [0.3, 0.4) is 0 Å². The standard InChI is InChI=1S/C27H29NO2Si/c1-31(2,3)21-12-8-10-20(18-21)11-9-17-28-27(29)30-19-26-24-15-6-4-13-22(24)23-14-5-7-16-25(23)26/h4-16,18,26H,17,19H2,1-3H3,(H,28,29). The molecule has 4 heteroatoms. The molecule has 0 aromatic heterocycles. The summed E-state index contributed by atoms with van der Waals surface area (Å²) in [6.45, 7) is 7.80. The van der Waals surface area contributed by atoms with Crippen molar-refractivity contribution in [2.24, 2.45) is 0 Å². The summed E-state index contributed by atoms with van der Waals surface area (Å²) < 4.78 is 5.58. The van der Waals surface area contributed by atoms with Gasteiger partial charge in [0.05, 0.1) is 8.07 Å². The van der Waals surface area contributed by atoms with E-state index in [0.29, 0.717) is 13.2 Å². The normalized spacial score (nSPS) is 13.1. The van der Waals surface area contributed by atoms with Crippen molar-refractivity contribution in [2.45, 2.75) is 25.6 Å². The van der Waals surface area contributed by atoms with Gasteiger partial charge in [0.25, 0.3) is 0 Å². The third-order valence-electron chi connectivity index (χ3n) is 5.77. The maximum atomic E-state index is 12.3. The van der Waals surface area contributed by atoms with Crippen LogP contribution in [-0.4, -0.2) is 27.3 Å². The summed E-state index contributed by atoms with van der Waals surface area (Å²) in [5.74, 6) is 0.0815. The zero-order valence-corrected chi connectivity index (χ0v) is 19.4. The van der Waals surface area contributed by atoms with E-state index in [9.17, 15) is 4.79 Å². The van der Waals surface area contributed by atoms with Crippen LogP contribution in [0.1, 0.15) is 22.6 Å². The predicted molar refractivity (Wildman–Crippen MR) is 132 cm³/mol. The average molecular weight is 428 g/mol. The summed E-state index contributed by atoms with van der Waals surface area (Å²) in [7, 11) is -1.33. The Morgan fingerprint density at radius 1 is 0.935 bits per heavy atom. The molecule has 0 bridgehead atoms. The number of carbonyl (C=O) groups is 1. The fourth-order valence-corrected chi connectivity index (χ4v) is 5.29. The summed E-state index contributed by atoms with van der Waals surface area (Å²) in [4.78, 5) is 12.3. The summed E-state index contributed by atoms with van der Waals surface area (Å²) in [5, 5.41) is 4.26. The number of rotatable bonds is 6. The summed E-state index contributed by atoms with van der Waals surface area (Å²) in [6.07, 6.45) is 3.63. The first-order chi connectivity index (χ1) is 14.9. The number of benzene rings is 3. The first-order valence-electron chi connectivity index (χ1n) is 10.8. The SMILES string of the molecule is C[Si](C)(C)c1cccc(C=CCNC(=O)OCC2c3ccccc3-c3ccccc32)c1. The molecule has 0 aliphatic heterocycles. The van der Waals surface area contributed by atoms with E-state index in [-0.39, 0.29) is 12.0 Å². The van der Waals surface area contributed by atoms with E-state index in [1.165, 1.54) is 27.4 Å². The molecule has 3 nitrogen and oxygen atoms in total. The van der Waals surface area contributed by atoms with Crippen LogP contribution in [0.5, 0.6) is 0 Å². The Morgan fingerprint density at radius 2 is 1.58 bits per heavy atom. The Balaban J connectivity index is 1.32. The lowest BCUT2D eigenvalue weighted by Gasteiger charge is -2.16. The molecule has 1 aliphatic rings. The number of nitrogens with one attached hydrogen (secondary N) is 1. The number of hydrogen-bond acceptors (Lipinski definition) is 2. The molecule has 158 valence electrons. The first-order valence-corrected chi connectivity index (χ1v) is 14.3. The first kappa shape index (κ1) is 21.1. The van der Waals surface area contributed by atoms with Gasteiger partial charge in [-0.1, -0.05) is 110 Å². The predicted octanol–water partition coefficient (Wildman–Crippen LogP) is 5.78. The minimum Gasteiger partial charge on any atom is -0.449 e. The Kier molecular flexibility index (Phi) is 6.10. The van der Waals surface area contributed by atoms with E-state index in [0.717, 1.165) is 5.56 Å². The molecule has 4 rings (SSSR count). The zero-order valence-electron chi connectivity index (χ0n) is 18.4. The van der Waals surface area contributed by atoms with Gasteiger partial charge in [-0.25, -0.2) is 4.79 Å². The van der Waals surface area contributed by atoms with Gasteiger partial charge in [0, 0.05) is 12.5 Å². The van der Waals surface area contributed by atoms with Crippen molar-refractivity contribution < 1.29 is 9.53 Å². The number of amides is 1. The van der Waals surface area contributed by atoms with Crippen molar-refractivity contribution in [1.29, 1.82) is 0 Å². The van der Waals surface area contributed by atoms with Gasteiger partial charge in [0.2, 0.25) is 0 Å². The number of hydrogen-bond donors (Lipinski definition) is 1. The lowest BCUT2D eigenvalue weighted by atomic mass is 9.98. The highest BCUT2D eigenvalue weighted by Crippen LogP contribution is 2.44. The Morgan fingerprint density at radius 3 is 2.23 bits per heavy atom. The molecule has 0 fully saturated rings. The van der Waals surface area contributed by atoms with Gasteiger partial charge in [-0.3, -0.25) is 0 Å². The molecular weight excluding hydrogens is 398 g/mol. The third-order valence-corrected chi connectivity index (χ3v) is 7.81. The van der Waals surface area contributed by atoms with Gasteiger partial charge in [0.15, 0.2) is 0 Å². The molecule has 1 aliphatic carbocycles. The molecule has 1 amide bonds. The van der Waals surface area contributed by atoms with E-state index in [4.69, 9.17) is 4.74 Å². The average Bonchev–Trinajstić information content (AvgIpc) is 3.09. The topological polar surface area (TPSA) is 38.3 Å². The molecule has 0 saturated heterocycles. The van der Waals surface area contributed by atoms with Crippen LogP contribution in [0.4, 0.5) is 4.79 Å². The van der Waals surface area contributed by atoms with Gasteiger partial charge >= 0.3 is 6.09 Å². The third kappa shape index (κ3) is 4.80. The Labute approximate surface area is 185 Å². The van der Waals surface area contributed by atoms with Crippen LogP contribution < -0.4 is 10.5 Å². The van der Waals surface area contributed by atoms with Crippen molar-refractivity contribution in [1.82, 2.24) is 5.32 Å². The molecule has 31 heavy (non-hydrogen) atoms. The lowest BCUT2D eigenvalue weighted by Crippen LogP contribution is -2.37. The monoisotopic (exact) mass is 427 g/mol. The van der Waals surface area contributed by atoms with Crippen LogP contribution in [0.25, 0.3) is 17.2 Å². The number of carbonyl (C=O) groups excluding carboxylic acids is 1. The highest BCUT2D eigenvalue weighted by atomic mass is 28.3. The van der Waals surface area contributed by atoms with Gasteiger partial charge in [0.1, 0.15) is 6.61 Å². The van der Waals surface area contributed by atoms with E-state index < -0.39 is 8.07 Å². The maximum absolute atomic E-state index is 12.3. The minimum absolute atomic E-state index is 0.0815. The molecule has 1 N–H and O–H groups in total. The smallest absolute Gasteiger partial charge is 0.407 e. The van der Waals surface area contributed by atoms with Crippen molar-refractivity contribution in [3.05, 3.63) is 95.6 Å². The van der Waals surface area contributed by atoms with Crippen LogP contribution in [0.2, 0.25) is 19.6 Å². The molecule has 0 radical (unpaired) electrons. The molecule has 0 unspecified atom stereocenters. The van der Waals surface area contributed by atoms with Crippen LogP contribution in [0.15, 0.2) is 78.9 Å². The van der Waals surface area contributed by atoms with Crippen molar-refractivity contribution in [2.75, 3.05) is 13.2 Å². The molecular formula is C27H29NO2Si. The van der Waals surface area contributed by atoms with Crippen molar-refractivity contribution >= 4 is 25.4 Å². The molecule has 0 spiro atoms. The molecule has 3 aromatic carbocycles. The number of alkyl carbamates (subject to hydrolysis) is 1. The quantitative estimate of drug-likeness (QED) is 0.506. The largest absolute Gasteiger partial charge is 0.449 e. The fraction of sp³-hybridized carbons (Fsp3) is 0.222. The molecule has 0 atom stereocenters. The summed E-state index contributed by atoms with van der Waals surface area (Å²) in [5.41, 5.74) is 6.07.